The predicted molar refractivity (Wildman–Crippen MR) is 86.8 cm³/mol. The van der Waals surface area contributed by atoms with Crippen LogP contribution < -0.4 is 5.32 Å². The summed E-state index contributed by atoms with van der Waals surface area (Å²) in [6, 6.07) is 2.13. The van der Waals surface area contributed by atoms with E-state index in [2.05, 4.69) is 35.0 Å². The molecule has 0 aromatic carbocycles. The maximum atomic E-state index is 4.43. The lowest BCUT2D eigenvalue weighted by Crippen LogP contribution is -2.17. The van der Waals surface area contributed by atoms with Crippen molar-refractivity contribution in [3.63, 3.8) is 0 Å². The molecule has 1 aromatic rings. The van der Waals surface area contributed by atoms with E-state index in [9.17, 15) is 0 Å². The summed E-state index contributed by atoms with van der Waals surface area (Å²) >= 11 is 0. The Balaban J connectivity index is 2.05. The average molecular weight is 279 g/mol. The smallest absolute Gasteiger partial charge is 0.0522 e. The van der Waals surface area contributed by atoms with Gasteiger partial charge in [0.2, 0.25) is 0 Å². The third kappa shape index (κ3) is 7.68. The zero-order valence-electron chi connectivity index (χ0n) is 13.5. The number of nitrogens with zero attached hydrogens (tertiary/aromatic N) is 2. The van der Waals surface area contributed by atoms with E-state index in [1.54, 1.807) is 0 Å². The second kappa shape index (κ2) is 12.0. The van der Waals surface area contributed by atoms with Gasteiger partial charge in [0.25, 0.3) is 0 Å². The van der Waals surface area contributed by atoms with E-state index < -0.39 is 0 Å². The summed E-state index contributed by atoms with van der Waals surface area (Å²) in [5.41, 5.74) is 1.32. The third-order valence-corrected chi connectivity index (χ3v) is 3.76. The fraction of sp³-hybridized carbons (Fsp3) is 0.824. The summed E-state index contributed by atoms with van der Waals surface area (Å²) in [6.45, 7) is 7.58. The molecular formula is C17H33N3. The quantitative estimate of drug-likeness (QED) is 0.538. The molecule has 0 spiro atoms. The monoisotopic (exact) mass is 279 g/mol. The molecule has 1 heterocycles. The largest absolute Gasteiger partial charge is 0.311 e. The fourth-order valence-corrected chi connectivity index (χ4v) is 2.50. The van der Waals surface area contributed by atoms with Crippen molar-refractivity contribution in [1.82, 2.24) is 15.1 Å². The van der Waals surface area contributed by atoms with E-state index in [0.29, 0.717) is 0 Å². The van der Waals surface area contributed by atoms with Gasteiger partial charge < -0.3 is 5.32 Å². The highest BCUT2D eigenvalue weighted by Gasteiger charge is 2.01. The molecule has 0 saturated carbocycles. The van der Waals surface area contributed by atoms with Crippen molar-refractivity contribution in [2.75, 3.05) is 6.54 Å². The zero-order chi connectivity index (χ0) is 14.5. The van der Waals surface area contributed by atoms with Gasteiger partial charge in [-0.15, -0.1) is 0 Å². The minimum atomic E-state index is 0.949. The van der Waals surface area contributed by atoms with Gasteiger partial charge in [-0.3, -0.25) is 4.68 Å². The molecule has 0 amide bonds. The van der Waals surface area contributed by atoms with Crippen molar-refractivity contribution in [3.8, 4) is 0 Å². The number of hydrogen-bond donors (Lipinski definition) is 1. The van der Waals surface area contributed by atoms with E-state index >= 15 is 0 Å². The molecule has 1 rings (SSSR count). The number of nitrogens with one attached hydrogen (secondary N) is 1. The van der Waals surface area contributed by atoms with Crippen LogP contribution in [-0.2, 0) is 13.1 Å². The maximum Gasteiger partial charge on any atom is 0.0522 e. The fourth-order valence-electron chi connectivity index (χ4n) is 2.50. The molecule has 0 atom stereocenters. The Hall–Kier alpha value is -0.830. The highest BCUT2D eigenvalue weighted by atomic mass is 15.3. The van der Waals surface area contributed by atoms with Gasteiger partial charge in [0.15, 0.2) is 0 Å². The Morgan fingerprint density at radius 2 is 1.65 bits per heavy atom. The van der Waals surface area contributed by atoms with Gasteiger partial charge in [0.1, 0.15) is 0 Å². The first-order valence-electron chi connectivity index (χ1n) is 8.59. The first kappa shape index (κ1) is 17.2. The van der Waals surface area contributed by atoms with Gasteiger partial charge in [0.05, 0.1) is 5.69 Å². The minimum absolute atomic E-state index is 0.949. The van der Waals surface area contributed by atoms with Crippen LogP contribution in [-0.4, -0.2) is 16.3 Å². The standard InChI is InChI=1S/C17H33N3/c1-3-5-6-7-8-9-10-11-15-20-17(12-14-19-20)16-18-13-4-2/h12,14,18H,3-11,13,15-16H2,1-2H3. The molecule has 0 bridgehead atoms. The molecule has 0 aliphatic heterocycles. The van der Waals surface area contributed by atoms with Gasteiger partial charge in [-0.1, -0.05) is 58.8 Å². The molecule has 0 saturated heterocycles. The van der Waals surface area contributed by atoms with Crippen LogP contribution >= 0.6 is 0 Å². The van der Waals surface area contributed by atoms with E-state index in [-0.39, 0.29) is 0 Å². The molecule has 3 heteroatoms. The summed E-state index contributed by atoms with van der Waals surface area (Å²) < 4.78 is 2.17. The van der Waals surface area contributed by atoms with E-state index in [1.807, 2.05) is 6.20 Å². The zero-order valence-corrected chi connectivity index (χ0v) is 13.5. The summed E-state index contributed by atoms with van der Waals surface area (Å²) in [5, 5.41) is 7.88. The molecule has 20 heavy (non-hydrogen) atoms. The molecule has 3 nitrogen and oxygen atoms in total. The molecular weight excluding hydrogens is 246 g/mol. The molecule has 0 aliphatic carbocycles. The van der Waals surface area contributed by atoms with E-state index in [1.165, 1.54) is 63.5 Å². The number of rotatable bonds is 13. The number of aryl methyl sites for hydroxylation is 1. The predicted octanol–water partition coefficient (Wildman–Crippen LogP) is 4.52. The van der Waals surface area contributed by atoms with Crippen molar-refractivity contribution < 1.29 is 0 Å². The van der Waals surface area contributed by atoms with Crippen molar-refractivity contribution in [3.05, 3.63) is 18.0 Å². The Bertz CT molecular complexity index is 320. The van der Waals surface area contributed by atoms with Gasteiger partial charge in [-0.2, -0.15) is 5.10 Å². The highest BCUT2D eigenvalue weighted by Crippen LogP contribution is 2.09. The van der Waals surface area contributed by atoms with Crippen LogP contribution in [0.15, 0.2) is 12.3 Å². The molecule has 0 fully saturated rings. The summed E-state index contributed by atoms with van der Waals surface area (Å²) in [6.07, 6.45) is 14.1. The summed E-state index contributed by atoms with van der Waals surface area (Å²) in [7, 11) is 0. The van der Waals surface area contributed by atoms with Gasteiger partial charge in [-0.25, -0.2) is 0 Å². The normalized spacial score (nSPS) is 11.1. The van der Waals surface area contributed by atoms with Crippen LogP contribution in [0.5, 0.6) is 0 Å². The van der Waals surface area contributed by atoms with Crippen molar-refractivity contribution in [1.29, 1.82) is 0 Å². The van der Waals surface area contributed by atoms with Crippen LogP contribution in [0.2, 0.25) is 0 Å². The Labute approximate surface area is 125 Å². The third-order valence-electron chi connectivity index (χ3n) is 3.76. The molecule has 1 N–H and O–H groups in total. The summed E-state index contributed by atoms with van der Waals surface area (Å²) in [4.78, 5) is 0. The van der Waals surface area contributed by atoms with E-state index in [4.69, 9.17) is 0 Å². The van der Waals surface area contributed by atoms with Crippen LogP contribution in [0.4, 0.5) is 0 Å². The van der Waals surface area contributed by atoms with Crippen LogP contribution in [0.25, 0.3) is 0 Å². The molecule has 0 unspecified atom stereocenters. The summed E-state index contributed by atoms with van der Waals surface area (Å²) in [5.74, 6) is 0. The number of aromatic nitrogens is 2. The number of hydrogen-bond acceptors (Lipinski definition) is 2. The second-order valence-electron chi connectivity index (χ2n) is 5.70. The SMILES string of the molecule is CCCCCCCCCCn1nccc1CNCCC. The Morgan fingerprint density at radius 3 is 2.35 bits per heavy atom. The van der Waals surface area contributed by atoms with Gasteiger partial charge in [0, 0.05) is 19.3 Å². The topological polar surface area (TPSA) is 29.9 Å². The van der Waals surface area contributed by atoms with Crippen molar-refractivity contribution in [2.45, 2.75) is 84.7 Å². The number of unbranched alkanes of at least 4 members (excludes halogenated alkanes) is 7. The van der Waals surface area contributed by atoms with Crippen LogP contribution in [0.1, 0.15) is 77.3 Å². The molecule has 0 radical (unpaired) electrons. The molecule has 0 aliphatic rings. The van der Waals surface area contributed by atoms with Crippen LogP contribution in [0.3, 0.4) is 0 Å². The van der Waals surface area contributed by atoms with Crippen molar-refractivity contribution in [2.24, 2.45) is 0 Å². The average Bonchev–Trinajstić information content (AvgIpc) is 2.90. The lowest BCUT2D eigenvalue weighted by molar-refractivity contribution is 0.499. The lowest BCUT2D eigenvalue weighted by Gasteiger charge is -2.08. The first-order valence-corrected chi connectivity index (χ1v) is 8.59. The minimum Gasteiger partial charge on any atom is -0.311 e. The molecule has 1 aromatic heterocycles. The Morgan fingerprint density at radius 1 is 0.950 bits per heavy atom. The second-order valence-corrected chi connectivity index (χ2v) is 5.70. The molecule has 116 valence electrons. The van der Waals surface area contributed by atoms with Gasteiger partial charge in [-0.05, 0) is 25.5 Å². The Kier molecular flexibility index (Phi) is 10.3. The first-order chi connectivity index (χ1) is 9.88. The van der Waals surface area contributed by atoms with Gasteiger partial charge >= 0.3 is 0 Å². The lowest BCUT2D eigenvalue weighted by atomic mass is 10.1. The highest BCUT2D eigenvalue weighted by molar-refractivity contribution is 4.99. The maximum absolute atomic E-state index is 4.43. The van der Waals surface area contributed by atoms with E-state index in [0.717, 1.165) is 19.6 Å². The van der Waals surface area contributed by atoms with Crippen LogP contribution in [0, 0.1) is 0 Å². The van der Waals surface area contributed by atoms with Crippen molar-refractivity contribution >= 4 is 0 Å².